The topological polar surface area (TPSA) is 39.1 Å². The van der Waals surface area contributed by atoms with Crippen LogP contribution in [0.5, 0.6) is 0 Å². The Morgan fingerprint density at radius 1 is 1.55 bits per heavy atom. The predicted molar refractivity (Wildman–Crippen MR) is 79.7 cm³/mol. The van der Waals surface area contributed by atoms with Gasteiger partial charge in [0.1, 0.15) is 0 Å². The molecule has 3 rings (SSSR count). The summed E-state index contributed by atoms with van der Waals surface area (Å²) in [5.74, 6) is 0. The lowest BCUT2D eigenvalue weighted by atomic mass is 9.74. The molecule has 1 aromatic heterocycles. The first kappa shape index (κ1) is 14.1. The van der Waals surface area contributed by atoms with Crippen LogP contribution in [-0.4, -0.2) is 28.5 Å². The standard InChI is InChI=1S/C16H27N3O/c1-3-8-17-13(2)14-11-18-19(12-14)15-5-9-20-16(10-15)6-4-7-16/h11-13,15,17H,3-10H2,1-2H3. The largest absolute Gasteiger partial charge is 0.375 e. The van der Waals surface area contributed by atoms with Crippen LogP contribution in [0.15, 0.2) is 12.4 Å². The van der Waals surface area contributed by atoms with Crippen LogP contribution in [0.25, 0.3) is 0 Å². The van der Waals surface area contributed by atoms with Crippen LogP contribution in [0, 0.1) is 0 Å². The zero-order valence-electron chi connectivity index (χ0n) is 12.8. The number of rotatable bonds is 5. The molecule has 2 unspecified atom stereocenters. The van der Waals surface area contributed by atoms with Crippen molar-refractivity contribution in [2.45, 2.75) is 70.1 Å². The monoisotopic (exact) mass is 277 g/mol. The minimum atomic E-state index is 0.196. The summed E-state index contributed by atoms with van der Waals surface area (Å²) >= 11 is 0. The Bertz CT molecular complexity index is 439. The van der Waals surface area contributed by atoms with Crippen LogP contribution in [0.2, 0.25) is 0 Å². The average molecular weight is 277 g/mol. The molecule has 1 saturated heterocycles. The number of aromatic nitrogens is 2. The predicted octanol–water partition coefficient (Wildman–Crippen LogP) is 3.22. The number of nitrogens with one attached hydrogen (secondary N) is 1. The van der Waals surface area contributed by atoms with Gasteiger partial charge in [0.05, 0.1) is 17.8 Å². The maximum absolute atomic E-state index is 6.01. The summed E-state index contributed by atoms with van der Waals surface area (Å²) in [6.45, 7) is 6.37. The molecule has 4 nitrogen and oxygen atoms in total. The van der Waals surface area contributed by atoms with Gasteiger partial charge in [-0.2, -0.15) is 5.10 Å². The molecular formula is C16H27N3O. The Hall–Kier alpha value is -0.870. The van der Waals surface area contributed by atoms with E-state index >= 15 is 0 Å². The fraction of sp³-hybridized carbons (Fsp3) is 0.812. The van der Waals surface area contributed by atoms with E-state index < -0.39 is 0 Å². The molecule has 0 amide bonds. The maximum atomic E-state index is 6.01. The van der Waals surface area contributed by atoms with Gasteiger partial charge in [-0.3, -0.25) is 4.68 Å². The normalized spacial score (nSPS) is 26.4. The van der Waals surface area contributed by atoms with Crippen molar-refractivity contribution >= 4 is 0 Å². The second kappa shape index (κ2) is 5.86. The molecule has 2 aliphatic rings. The van der Waals surface area contributed by atoms with E-state index in [0.29, 0.717) is 12.1 Å². The second-order valence-corrected chi connectivity index (χ2v) is 6.46. The van der Waals surface area contributed by atoms with E-state index in [4.69, 9.17) is 4.74 Å². The zero-order chi connectivity index (χ0) is 14.0. The van der Waals surface area contributed by atoms with Gasteiger partial charge < -0.3 is 10.1 Å². The summed E-state index contributed by atoms with van der Waals surface area (Å²) in [6.07, 6.45) is 11.5. The Morgan fingerprint density at radius 2 is 2.40 bits per heavy atom. The minimum Gasteiger partial charge on any atom is -0.375 e. The molecule has 1 saturated carbocycles. The summed E-state index contributed by atoms with van der Waals surface area (Å²) in [4.78, 5) is 0. The molecule has 112 valence electrons. The molecule has 1 aliphatic heterocycles. The van der Waals surface area contributed by atoms with Crippen molar-refractivity contribution in [3.05, 3.63) is 18.0 Å². The molecule has 2 atom stereocenters. The SMILES string of the molecule is CCCNC(C)c1cnn(C2CCOC3(CCC3)C2)c1. The molecular weight excluding hydrogens is 250 g/mol. The Balaban J connectivity index is 1.64. The number of hydrogen-bond acceptors (Lipinski definition) is 3. The Labute approximate surface area is 121 Å². The first-order valence-corrected chi connectivity index (χ1v) is 8.14. The molecule has 0 bridgehead atoms. The lowest BCUT2D eigenvalue weighted by molar-refractivity contribution is -0.141. The van der Waals surface area contributed by atoms with Crippen LogP contribution in [0.3, 0.4) is 0 Å². The van der Waals surface area contributed by atoms with Gasteiger partial charge in [-0.15, -0.1) is 0 Å². The van der Waals surface area contributed by atoms with Crippen molar-refractivity contribution < 1.29 is 4.74 Å². The van der Waals surface area contributed by atoms with E-state index in [1.54, 1.807) is 0 Å². The van der Waals surface area contributed by atoms with Crippen molar-refractivity contribution in [2.75, 3.05) is 13.2 Å². The van der Waals surface area contributed by atoms with E-state index in [1.807, 2.05) is 6.20 Å². The summed E-state index contributed by atoms with van der Waals surface area (Å²) in [6, 6.07) is 0.914. The lowest BCUT2D eigenvalue weighted by Crippen LogP contribution is -2.46. The lowest BCUT2D eigenvalue weighted by Gasteiger charge is -2.47. The second-order valence-electron chi connectivity index (χ2n) is 6.46. The fourth-order valence-electron chi connectivity index (χ4n) is 3.40. The van der Waals surface area contributed by atoms with Gasteiger partial charge >= 0.3 is 0 Å². The van der Waals surface area contributed by atoms with Gasteiger partial charge in [0.15, 0.2) is 0 Å². The minimum absolute atomic E-state index is 0.196. The molecule has 0 aromatic carbocycles. The zero-order valence-corrected chi connectivity index (χ0v) is 12.8. The highest BCUT2D eigenvalue weighted by Crippen LogP contribution is 2.45. The van der Waals surface area contributed by atoms with Gasteiger partial charge in [-0.05, 0) is 52.0 Å². The van der Waals surface area contributed by atoms with Crippen molar-refractivity contribution in [1.82, 2.24) is 15.1 Å². The molecule has 20 heavy (non-hydrogen) atoms. The molecule has 1 aromatic rings. The van der Waals surface area contributed by atoms with E-state index in [9.17, 15) is 0 Å². The third-order valence-electron chi connectivity index (χ3n) is 4.93. The van der Waals surface area contributed by atoms with Crippen molar-refractivity contribution in [3.63, 3.8) is 0 Å². The van der Waals surface area contributed by atoms with Gasteiger partial charge in [-0.1, -0.05) is 6.92 Å². The molecule has 2 fully saturated rings. The average Bonchev–Trinajstić information content (AvgIpc) is 2.93. The summed E-state index contributed by atoms with van der Waals surface area (Å²) in [5, 5.41) is 8.14. The van der Waals surface area contributed by atoms with Gasteiger partial charge in [-0.25, -0.2) is 0 Å². The highest BCUT2D eigenvalue weighted by molar-refractivity contribution is 5.10. The summed E-state index contributed by atoms with van der Waals surface area (Å²) < 4.78 is 8.19. The van der Waals surface area contributed by atoms with Crippen molar-refractivity contribution in [2.24, 2.45) is 0 Å². The van der Waals surface area contributed by atoms with Crippen LogP contribution in [0.1, 0.15) is 70.0 Å². The first-order chi connectivity index (χ1) is 9.72. The number of ether oxygens (including phenoxy) is 1. The maximum Gasteiger partial charge on any atom is 0.0703 e. The van der Waals surface area contributed by atoms with E-state index in [2.05, 4.69) is 35.1 Å². The highest BCUT2D eigenvalue weighted by Gasteiger charge is 2.43. The van der Waals surface area contributed by atoms with E-state index in [1.165, 1.54) is 31.2 Å². The van der Waals surface area contributed by atoms with Gasteiger partial charge in [0.25, 0.3) is 0 Å². The molecule has 4 heteroatoms. The molecule has 1 spiro atoms. The van der Waals surface area contributed by atoms with Crippen LogP contribution in [0.4, 0.5) is 0 Å². The molecule has 1 N–H and O–H groups in total. The van der Waals surface area contributed by atoms with Crippen molar-refractivity contribution in [3.8, 4) is 0 Å². The van der Waals surface area contributed by atoms with Gasteiger partial charge in [0, 0.05) is 24.4 Å². The summed E-state index contributed by atoms with van der Waals surface area (Å²) in [5.41, 5.74) is 1.49. The fourth-order valence-corrected chi connectivity index (χ4v) is 3.40. The first-order valence-electron chi connectivity index (χ1n) is 8.14. The van der Waals surface area contributed by atoms with Crippen LogP contribution >= 0.6 is 0 Å². The van der Waals surface area contributed by atoms with Crippen LogP contribution < -0.4 is 5.32 Å². The van der Waals surface area contributed by atoms with E-state index in [0.717, 1.165) is 26.0 Å². The van der Waals surface area contributed by atoms with E-state index in [-0.39, 0.29) is 5.60 Å². The number of nitrogens with zero attached hydrogens (tertiary/aromatic N) is 2. The quantitative estimate of drug-likeness (QED) is 0.898. The third-order valence-corrected chi connectivity index (χ3v) is 4.93. The van der Waals surface area contributed by atoms with Crippen molar-refractivity contribution in [1.29, 1.82) is 0 Å². The molecule has 1 aliphatic carbocycles. The Morgan fingerprint density at radius 3 is 3.10 bits per heavy atom. The van der Waals surface area contributed by atoms with Gasteiger partial charge in [0.2, 0.25) is 0 Å². The molecule has 0 radical (unpaired) electrons. The third kappa shape index (κ3) is 2.77. The smallest absolute Gasteiger partial charge is 0.0703 e. The van der Waals surface area contributed by atoms with Crippen LogP contribution in [-0.2, 0) is 4.74 Å². The molecule has 2 heterocycles. The Kier molecular flexibility index (Phi) is 4.13. The highest BCUT2D eigenvalue weighted by atomic mass is 16.5. The number of hydrogen-bond donors (Lipinski definition) is 1. The summed E-state index contributed by atoms with van der Waals surface area (Å²) in [7, 11) is 0.